The van der Waals surface area contributed by atoms with Crippen LogP contribution < -0.4 is 0 Å². The van der Waals surface area contributed by atoms with Crippen LogP contribution in [0.2, 0.25) is 0 Å². The summed E-state index contributed by atoms with van der Waals surface area (Å²) in [6, 6.07) is 0. The van der Waals surface area contributed by atoms with Crippen molar-refractivity contribution in [2.75, 3.05) is 0 Å². The van der Waals surface area contributed by atoms with Crippen LogP contribution in [0.1, 0.15) is 52.4 Å². The van der Waals surface area contributed by atoms with Gasteiger partial charge in [-0.3, -0.25) is 4.79 Å². The van der Waals surface area contributed by atoms with Crippen molar-refractivity contribution in [3.8, 4) is 0 Å². The molecule has 0 amide bonds. The van der Waals surface area contributed by atoms with Crippen LogP contribution in [0.25, 0.3) is 0 Å². The van der Waals surface area contributed by atoms with E-state index in [2.05, 4.69) is 13.8 Å². The van der Waals surface area contributed by atoms with Crippen molar-refractivity contribution < 1.29 is 4.79 Å². The van der Waals surface area contributed by atoms with Crippen LogP contribution in [0.4, 0.5) is 0 Å². The van der Waals surface area contributed by atoms with Crippen molar-refractivity contribution in [2.24, 2.45) is 11.8 Å². The maximum atomic E-state index is 11.3. The topological polar surface area (TPSA) is 17.1 Å². The summed E-state index contributed by atoms with van der Waals surface area (Å²) in [5, 5.41) is 0. The van der Waals surface area contributed by atoms with E-state index in [9.17, 15) is 4.79 Å². The maximum absolute atomic E-state index is 11.3. The number of rotatable bonds is 2. The minimum atomic E-state index is 0.498. The van der Waals surface area contributed by atoms with E-state index in [1.54, 1.807) is 0 Å². The molecule has 1 rings (SSSR count). The minimum absolute atomic E-state index is 0.498. The summed E-state index contributed by atoms with van der Waals surface area (Å²) in [7, 11) is 0. The van der Waals surface area contributed by atoms with Crippen LogP contribution in [0.3, 0.4) is 0 Å². The maximum Gasteiger partial charge on any atom is 0.133 e. The monoisotopic (exact) mass is 168 g/mol. The van der Waals surface area contributed by atoms with E-state index in [0.29, 0.717) is 11.7 Å². The number of Topliss-reactive ketones (excluding diaryl/α,β-unsaturated/α-hetero) is 1. The van der Waals surface area contributed by atoms with Crippen LogP contribution in [0.5, 0.6) is 0 Å². The standard InChI is InChI=1S/C11H20O/c1-3-4-10-7-9(2)5-6-11(12)8-10/h9-10H,3-8H2,1-2H3. The third kappa shape index (κ3) is 2.96. The first-order valence-corrected chi connectivity index (χ1v) is 5.24. The molecule has 1 heteroatoms. The van der Waals surface area contributed by atoms with Crippen molar-refractivity contribution in [3.05, 3.63) is 0 Å². The summed E-state index contributed by atoms with van der Waals surface area (Å²) < 4.78 is 0. The highest BCUT2D eigenvalue weighted by atomic mass is 16.1. The van der Waals surface area contributed by atoms with E-state index in [4.69, 9.17) is 0 Å². The van der Waals surface area contributed by atoms with Gasteiger partial charge in [0.25, 0.3) is 0 Å². The first-order valence-electron chi connectivity index (χ1n) is 5.24. The third-order valence-corrected chi connectivity index (χ3v) is 2.86. The molecule has 0 aromatic carbocycles. The van der Waals surface area contributed by atoms with Gasteiger partial charge in [0.05, 0.1) is 0 Å². The van der Waals surface area contributed by atoms with E-state index in [1.165, 1.54) is 19.3 Å². The number of hydrogen-bond donors (Lipinski definition) is 0. The smallest absolute Gasteiger partial charge is 0.133 e. The number of ketones is 1. The molecule has 0 aliphatic heterocycles. The van der Waals surface area contributed by atoms with Crippen LogP contribution in [0.15, 0.2) is 0 Å². The first kappa shape index (κ1) is 9.76. The molecular weight excluding hydrogens is 148 g/mol. The van der Waals surface area contributed by atoms with Crippen molar-refractivity contribution in [3.63, 3.8) is 0 Å². The molecule has 0 saturated heterocycles. The quantitative estimate of drug-likeness (QED) is 0.579. The molecule has 1 aliphatic rings. The zero-order valence-corrected chi connectivity index (χ0v) is 8.31. The highest BCUT2D eigenvalue weighted by molar-refractivity contribution is 5.78. The predicted molar refractivity (Wildman–Crippen MR) is 51.0 cm³/mol. The Morgan fingerprint density at radius 1 is 1.50 bits per heavy atom. The lowest BCUT2D eigenvalue weighted by molar-refractivity contribution is -0.119. The Bertz CT molecular complexity index is 151. The molecule has 1 fully saturated rings. The van der Waals surface area contributed by atoms with Crippen LogP contribution in [0, 0.1) is 11.8 Å². The van der Waals surface area contributed by atoms with E-state index < -0.39 is 0 Å². The van der Waals surface area contributed by atoms with E-state index in [-0.39, 0.29) is 0 Å². The highest BCUT2D eigenvalue weighted by Crippen LogP contribution is 2.28. The Morgan fingerprint density at radius 3 is 2.92 bits per heavy atom. The summed E-state index contributed by atoms with van der Waals surface area (Å²) >= 11 is 0. The zero-order chi connectivity index (χ0) is 8.97. The Hall–Kier alpha value is -0.330. The molecule has 70 valence electrons. The largest absolute Gasteiger partial charge is 0.300 e. The predicted octanol–water partition coefficient (Wildman–Crippen LogP) is 3.18. The summed E-state index contributed by atoms with van der Waals surface area (Å²) in [6.07, 6.45) is 6.57. The highest BCUT2D eigenvalue weighted by Gasteiger charge is 2.20. The van der Waals surface area contributed by atoms with E-state index in [1.807, 2.05) is 0 Å². The molecule has 1 saturated carbocycles. The fourth-order valence-corrected chi connectivity index (χ4v) is 2.23. The molecule has 0 spiro atoms. The number of carbonyl (C=O) groups is 1. The average molecular weight is 168 g/mol. The Morgan fingerprint density at radius 2 is 2.25 bits per heavy atom. The lowest BCUT2D eigenvalue weighted by atomic mass is 9.91. The summed E-state index contributed by atoms with van der Waals surface area (Å²) in [5.74, 6) is 1.96. The summed E-state index contributed by atoms with van der Waals surface area (Å²) in [5.41, 5.74) is 0. The SMILES string of the molecule is CCCC1CC(=O)CCC(C)C1. The fraction of sp³-hybridized carbons (Fsp3) is 0.909. The molecule has 0 bridgehead atoms. The van der Waals surface area contributed by atoms with Crippen LogP contribution >= 0.6 is 0 Å². The molecule has 1 nitrogen and oxygen atoms in total. The second-order valence-corrected chi connectivity index (χ2v) is 4.28. The van der Waals surface area contributed by atoms with E-state index in [0.717, 1.165) is 25.2 Å². The van der Waals surface area contributed by atoms with Gasteiger partial charge in [0.2, 0.25) is 0 Å². The molecule has 0 aromatic rings. The van der Waals surface area contributed by atoms with Gasteiger partial charge in [-0.25, -0.2) is 0 Å². The Balaban J connectivity index is 2.43. The molecule has 0 N–H and O–H groups in total. The summed E-state index contributed by atoms with van der Waals surface area (Å²) in [4.78, 5) is 11.3. The fourth-order valence-electron chi connectivity index (χ4n) is 2.23. The lowest BCUT2D eigenvalue weighted by Crippen LogP contribution is -2.05. The van der Waals surface area contributed by atoms with Gasteiger partial charge < -0.3 is 0 Å². The van der Waals surface area contributed by atoms with E-state index >= 15 is 0 Å². The average Bonchev–Trinajstić information content (AvgIpc) is 2.14. The van der Waals surface area contributed by atoms with Gasteiger partial charge >= 0.3 is 0 Å². The number of hydrogen-bond acceptors (Lipinski definition) is 1. The van der Waals surface area contributed by atoms with Gasteiger partial charge in [-0.1, -0.05) is 26.7 Å². The zero-order valence-electron chi connectivity index (χ0n) is 8.31. The lowest BCUT2D eigenvalue weighted by Gasteiger charge is -2.14. The Labute approximate surface area is 75.5 Å². The van der Waals surface area contributed by atoms with Gasteiger partial charge in [-0.2, -0.15) is 0 Å². The molecule has 0 heterocycles. The van der Waals surface area contributed by atoms with Gasteiger partial charge in [0.15, 0.2) is 0 Å². The molecule has 0 aromatic heterocycles. The van der Waals surface area contributed by atoms with Crippen molar-refractivity contribution in [1.29, 1.82) is 0 Å². The van der Waals surface area contributed by atoms with Gasteiger partial charge in [0, 0.05) is 12.8 Å². The first-order chi connectivity index (χ1) is 5.72. The summed E-state index contributed by atoms with van der Waals surface area (Å²) in [6.45, 7) is 4.49. The molecule has 12 heavy (non-hydrogen) atoms. The second kappa shape index (κ2) is 4.64. The van der Waals surface area contributed by atoms with Crippen molar-refractivity contribution >= 4 is 5.78 Å². The van der Waals surface area contributed by atoms with Crippen LogP contribution in [-0.4, -0.2) is 5.78 Å². The molecule has 0 radical (unpaired) electrons. The van der Waals surface area contributed by atoms with Crippen molar-refractivity contribution in [2.45, 2.75) is 52.4 Å². The molecule has 1 aliphatic carbocycles. The molecule has 2 atom stereocenters. The van der Waals surface area contributed by atoms with Gasteiger partial charge in [-0.05, 0) is 24.7 Å². The van der Waals surface area contributed by atoms with Gasteiger partial charge in [-0.15, -0.1) is 0 Å². The number of carbonyl (C=O) groups excluding carboxylic acids is 1. The molecular formula is C11H20O. The van der Waals surface area contributed by atoms with Gasteiger partial charge in [0.1, 0.15) is 5.78 Å². The molecule has 2 unspecified atom stereocenters. The van der Waals surface area contributed by atoms with Crippen molar-refractivity contribution in [1.82, 2.24) is 0 Å². The third-order valence-electron chi connectivity index (χ3n) is 2.86. The van der Waals surface area contributed by atoms with Crippen LogP contribution in [-0.2, 0) is 4.79 Å². The second-order valence-electron chi connectivity index (χ2n) is 4.28. The Kier molecular flexibility index (Phi) is 3.77. The normalized spacial score (nSPS) is 31.7. The minimum Gasteiger partial charge on any atom is -0.300 e.